The van der Waals surface area contributed by atoms with Crippen molar-refractivity contribution in [2.75, 3.05) is 69.9 Å². The minimum atomic E-state index is -3.58. The zero-order valence-electron chi connectivity index (χ0n) is 39.0. The highest BCUT2D eigenvalue weighted by Gasteiger charge is 2.46. The third-order valence-electron chi connectivity index (χ3n) is 12.9. The molecular formula is C48H58ClN9O9S. The van der Waals surface area contributed by atoms with Crippen LogP contribution in [0.3, 0.4) is 0 Å². The maximum Gasteiger partial charge on any atom is 0.264 e. The number of nitrogens with one attached hydrogen (secondary N) is 4. The Bertz CT molecular complexity index is 2690. The van der Waals surface area contributed by atoms with E-state index in [0.717, 1.165) is 48.4 Å². The van der Waals surface area contributed by atoms with Gasteiger partial charge in [0.15, 0.2) is 15.7 Å². The topological polar surface area (TPSA) is 214 Å². The Balaban J connectivity index is 0.779. The summed E-state index contributed by atoms with van der Waals surface area (Å²) >= 11 is 6.47. The van der Waals surface area contributed by atoms with E-state index in [1.165, 1.54) is 6.20 Å². The van der Waals surface area contributed by atoms with E-state index in [4.69, 9.17) is 25.8 Å². The van der Waals surface area contributed by atoms with E-state index in [-0.39, 0.29) is 70.1 Å². The summed E-state index contributed by atoms with van der Waals surface area (Å²) in [5.74, 6) is -1.01. The first kappa shape index (κ1) is 48.7. The SMILES string of the molecule is COc1cc(CCN(C)CC2CC3OC(CN(C)CCNc4cccc5c4C(=O)N(C4CCC(=O)NC4=O)C5=O)CC3O2)c(C)cc1Nc1ncc(Cl)c(Nc2ccccc2S(=O)(=O)C(C)C)n1. The molecule has 4 aromatic rings. The number of imide groups is 2. The lowest BCUT2D eigenvalue weighted by Gasteiger charge is -2.27. The summed E-state index contributed by atoms with van der Waals surface area (Å²) in [6, 6.07) is 14.7. The van der Waals surface area contributed by atoms with Crippen LogP contribution in [-0.4, -0.2) is 146 Å². The average Bonchev–Trinajstić information content (AvgIpc) is 3.93. The number of fused-ring (bicyclic) bond motifs is 2. The number of benzene rings is 3. The standard InChI is InChI=1S/C48H58ClN9O9S/c1-27(2)68(63,64)41-13-8-7-11-34(41)52-44-33(49)24-51-48(55-44)53-36-20-28(3)29(21-38(36)65-6)16-18-56(4)25-30-22-39-40(66-30)23-31(67-39)26-57(5)19-17-50-35-12-9-10-32-43(35)47(62)58(46(32)61)37-14-15-42(59)54-45(37)60/h7-13,20-21,24,27,30-31,37,39-40,50H,14-19,22-23,25-26H2,1-6H3,(H,54,59,60)(H2,51,52,53,55). The number of nitrogens with zero attached hydrogens (tertiary/aromatic N) is 5. The smallest absolute Gasteiger partial charge is 0.264 e. The van der Waals surface area contributed by atoms with Crippen LogP contribution in [0.1, 0.15) is 71.4 Å². The molecule has 0 aliphatic carbocycles. The number of halogens is 1. The molecule has 3 fully saturated rings. The number of carbonyl (C=O) groups excluding carboxylic acids is 4. The number of amides is 4. The van der Waals surface area contributed by atoms with Crippen molar-refractivity contribution >= 4 is 73.9 Å². The van der Waals surface area contributed by atoms with Crippen molar-refractivity contribution in [3.8, 4) is 5.75 Å². The number of carbonyl (C=O) groups is 4. The van der Waals surface area contributed by atoms with Gasteiger partial charge in [-0.3, -0.25) is 29.4 Å². The predicted molar refractivity (Wildman–Crippen MR) is 257 cm³/mol. The van der Waals surface area contributed by atoms with Crippen LogP contribution in [0.25, 0.3) is 0 Å². The number of piperidine rings is 1. The highest BCUT2D eigenvalue weighted by Crippen LogP contribution is 2.37. The van der Waals surface area contributed by atoms with Gasteiger partial charge in [0.05, 0.1) is 70.4 Å². The molecule has 68 heavy (non-hydrogen) atoms. The minimum Gasteiger partial charge on any atom is -0.495 e. The van der Waals surface area contributed by atoms with E-state index in [2.05, 4.69) is 48.1 Å². The number of hydrogen-bond donors (Lipinski definition) is 4. The summed E-state index contributed by atoms with van der Waals surface area (Å²) in [5.41, 5.74) is 4.22. The monoisotopic (exact) mass is 971 g/mol. The van der Waals surface area contributed by atoms with Crippen molar-refractivity contribution in [2.24, 2.45) is 0 Å². The Hall–Kier alpha value is -5.70. The largest absolute Gasteiger partial charge is 0.495 e. The summed E-state index contributed by atoms with van der Waals surface area (Å²) in [6.45, 7) is 8.75. The fourth-order valence-corrected chi connectivity index (χ4v) is 10.6. The molecule has 4 N–H and O–H groups in total. The van der Waals surface area contributed by atoms with Crippen LogP contribution in [0, 0.1) is 6.92 Å². The van der Waals surface area contributed by atoms with Gasteiger partial charge in [-0.05, 0) is 95.2 Å². The highest BCUT2D eigenvalue weighted by molar-refractivity contribution is 7.92. The molecule has 5 unspecified atom stereocenters. The number of anilines is 5. The average molecular weight is 973 g/mol. The lowest BCUT2D eigenvalue weighted by Crippen LogP contribution is -2.54. The van der Waals surface area contributed by atoms with E-state index in [1.54, 1.807) is 63.4 Å². The van der Waals surface area contributed by atoms with Gasteiger partial charge in [0.25, 0.3) is 11.8 Å². The minimum absolute atomic E-state index is 0.0227. The lowest BCUT2D eigenvalue weighted by molar-refractivity contribution is -0.136. The highest BCUT2D eigenvalue weighted by atomic mass is 35.5. The number of hydrogen-bond acceptors (Lipinski definition) is 16. The van der Waals surface area contributed by atoms with Crippen molar-refractivity contribution in [1.82, 2.24) is 30.0 Å². The van der Waals surface area contributed by atoms with Gasteiger partial charge < -0.3 is 40.0 Å². The number of aryl methyl sites for hydroxylation is 1. The summed E-state index contributed by atoms with van der Waals surface area (Å²) in [7, 11) is 2.14. The van der Waals surface area contributed by atoms with Crippen LogP contribution in [0.2, 0.25) is 5.02 Å². The molecule has 4 aliphatic rings. The number of aromatic nitrogens is 2. The van der Waals surface area contributed by atoms with Gasteiger partial charge in [0.2, 0.25) is 17.8 Å². The van der Waals surface area contributed by atoms with E-state index >= 15 is 0 Å². The van der Waals surface area contributed by atoms with E-state index in [0.29, 0.717) is 42.4 Å². The molecule has 4 aliphatic heterocycles. The molecule has 20 heteroatoms. The Kier molecular flexibility index (Phi) is 14.7. The van der Waals surface area contributed by atoms with E-state index < -0.39 is 44.8 Å². The zero-order chi connectivity index (χ0) is 48.4. The second-order valence-corrected chi connectivity index (χ2v) is 21.0. The van der Waals surface area contributed by atoms with Gasteiger partial charge in [-0.25, -0.2) is 13.4 Å². The van der Waals surface area contributed by atoms with Gasteiger partial charge in [0.1, 0.15) is 16.8 Å². The first-order chi connectivity index (χ1) is 32.5. The molecule has 5 atom stereocenters. The van der Waals surface area contributed by atoms with Gasteiger partial charge in [-0.2, -0.15) is 4.98 Å². The van der Waals surface area contributed by atoms with Crippen LogP contribution in [0.5, 0.6) is 5.75 Å². The molecule has 0 spiro atoms. The zero-order valence-corrected chi connectivity index (χ0v) is 40.6. The van der Waals surface area contributed by atoms with Crippen molar-refractivity contribution in [3.05, 3.63) is 88.1 Å². The Morgan fingerprint density at radius 1 is 0.912 bits per heavy atom. The van der Waals surface area contributed by atoms with E-state index in [1.807, 2.05) is 26.1 Å². The third kappa shape index (κ3) is 10.5. The number of para-hydroxylation sites is 1. The number of ether oxygens (including phenoxy) is 3. The number of sulfone groups is 1. The van der Waals surface area contributed by atoms with Crippen LogP contribution < -0.4 is 26.0 Å². The van der Waals surface area contributed by atoms with Gasteiger partial charge in [-0.1, -0.05) is 29.8 Å². The molecule has 0 bridgehead atoms. The third-order valence-corrected chi connectivity index (χ3v) is 15.4. The number of likely N-dealkylation sites (N-methyl/N-ethyl adjacent to an activating group) is 2. The van der Waals surface area contributed by atoms with Crippen molar-refractivity contribution in [1.29, 1.82) is 0 Å². The Morgan fingerprint density at radius 3 is 2.29 bits per heavy atom. The molecule has 1 aromatic heterocycles. The Morgan fingerprint density at radius 2 is 1.60 bits per heavy atom. The Labute approximate surface area is 401 Å². The van der Waals surface area contributed by atoms with Crippen LogP contribution in [-0.2, 0) is 35.3 Å². The van der Waals surface area contributed by atoms with Crippen LogP contribution in [0.4, 0.5) is 28.8 Å². The van der Waals surface area contributed by atoms with Crippen molar-refractivity contribution < 1.29 is 41.8 Å². The van der Waals surface area contributed by atoms with Gasteiger partial charge in [0, 0.05) is 57.7 Å². The summed E-state index contributed by atoms with van der Waals surface area (Å²) in [5, 5.41) is 11.5. The van der Waals surface area contributed by atoms with Gasteiger partial charge >= 0.3 is 0 Å². The van der Waals surface area contributed by atoms with Crippen LogP contribution >= 0.6 is 11.6 Å². The maximum atomic E-state index is 13.5. The lowest BCUT2D eigenvalue weighted by atomic mass is 10.0. The second-order valence-electron chi connectivity index (χ2n) is 18.2. The quantitative estimate of drug-likeness (QED) is 0.0872. The van der Waals surface area contributed by atoms with Crippen molar-refractivity contribution in [2.45, 2.75) is 93.5 Å². The molecular weight excluding hydrogens is 914 g/mol. The molecule has 8 rings (SSSR count). The maximum absolute atomic E-state index is 13.5. The molecule has 0 radical (unpaired) electrons. The fourth-order valence-electron chi connectivity index (χ4n) is 9.28. The first-order valence-corrected chi connectivity index (χ1v) is 24.8. The molecule has 362 valence electrons. The normalized spacial score (nSPS) is 21.4. The molecule has 3 saturated heterocycles. The first-order valence-electron chi connectivity index (χ1n) is 22.8. The number of methoxy groups -OCH3 is 1. The van der Waals surface area contributed by atoms with E-state index in [9.17, 15) is 27.6 Å². The summed E-state index contributed by atoms with van der Waals surface area (Å²) in [6.07, 6.45) is 4.17. The van der Waals surface area contributed by atoms with Gasteiger partial charge in [-0.15, -0.1) is 0 Å². The molecule has 3 aromatic carbocycles. The molecule has 5 heterocycles. The predicted octanol–water partition coefficient (Wildman–Crippen LogP) is 5.35. The molecule has 18 nitrogen and oxygen atoms in total. The van der Waals surface area contributed by atoms with Crippen molar-refractivity contribution in [3.63, 3.8) is 0 Å². The van der Waals surface area contributed by atoms with Crippen LogP contribution in [0.15, 0.2) is 65.7 Å². The molecule has 0 saturated carbocycles. The second kappa shape index (κ2) is 20.5. The summed E-state index contributed by atoms with van der Waals surface area (Å²) in [4.78, 5) is 65.4. The fraction of sp³-hybridized carbons (Fsp3) is 0.458. The number of rotatable bonds is 19. The molecule has 4 amide bonds. The summed E-state index contributed by atoms with van der Waals surface area (Å²) < 4.78 is 44.9.